The minimum absolute atomic E-state index is 0.198. The van der Waals surface area contributed by atoms with Gasteiger partial charge in [0.1, 0.15) is 10.3 Å². The maximum Gasteiger partial charge on any atom is 0.265 e. The fraction of sp³-hybridized carbons (Fsp3) is 0.240. The van der Waals surface area contributed by atoms with Gasteiger partial charge in [-0.25, -0.2) is 0 Å². The summed E-state index contributed by atoms with van der Waals surface area (Å²) in [6.45, 7) is 0.664. The second-order valence-corrected chi connectivity index (χ2v) is 14.4. The molecule has 0 atom stereocenters. The number of thiazole rings is 1. The zero-order valence-corrected chi connectivity index (χ0v) is 23.6. The van der Waals surface area contributed by atoms with Gasteiger partial charge < -0.3 is 13.7 Å². The fourth-order valence-corrected chi connectivity index (χ4v) is 8.17. The SMILES string of the molecule is O=S(=O)(O)CCCN1/C(=C/c2sc3ccc4occc4c3[n+]2CCCS(=O)(=O)O)Sc2ccc3ccoc3c21. The quantitative estimate of drug-likeness (QED) is 0.171. The zero-order chi connectivity index (χ0) is 27.4. The van der Waals surface area contributed by atoms with E-state index in [9.17, 15) is 25.9 Å². The van der Waals surface area contributed by atoms with Crippen molar-refractivity contribution < 1.29 is 39.3 Å². The fourth-order valence-electron chi connectivity index (χ4n) is 4.84. The Bertz CT molecular complexity index is 1970. The first-order valence-electron chi connectivity index (χ1n) is 12.0. The van der Waals surface area contributed by atoms with E-state index >= 15 is 0 Å². The summed E-state index contributed by atoms with van der Waals surface area (Å²) in [6, 6.07) is 11.5. The van der Waals surface area contributed by atoms with E-state index in [2.05, 4.69) is 0 Å². The molecule has 39 heavy (non-hydrogen) atoms. The Balaban J connectivity index is 1.46. The van der Waals surface area contributed by atoms with E-state index in [4.69, 9.17) is 8.83 Å². The summed E-state index contributed by atoms with van der Waals surface area (Å²) < 4.78 is 78.7. The summed E-state index contributed by atoms with van der Waals surface area (Å²) in [6.07, 6.45) is 5.62. The summed E-state index contributed by atoms with van der Waals surface area (Å²) >= 11 is 3.06. The number of benzene rings is 2. The molecule has 0 unspecified atom stereocenters. The molecule has 0 bridgehead atoms. The van der Waals surface area contributed by atoms with Gasteiger partial charge >= 0.3 is 0 Å². The Labute approximate surface area is 232 Å². The molecule has 10 nitrogen and oxygen atoms in total. The van der Waals surface area contributed by atoms with Gasteiger partial charge in [0.15, 0.2) is 12.1 Å². The number of hydrogen-bond donors (Lipinski definition) is 2. The van der Waals surface area contributed by atoms with Gasteiger partial charge in [-0.05, 0) is 42.8 Å². The molecule has 0 saturated heterocycles. The lowest BCUT2D eigenvalue weighted by Gasteiger charge is -2.20. The third kappa shape index (κ3) is 5.32. The molecule has 5 aromatic rings. The molecule has 3 aromatic heterocycles. The van der Waals surface area contributed by atoms with Crippen LogP contribution in [-0.4, -0.2) is 44.0 Å². The van der Waals surface area contributed by atoms with Crippen LogP contribution >= 0.6 is 23.1 Å². The Kier molecular flexibility index (Phi) is 6.72. The normalized spacial score (nSPS) is 15.3. The maximum absolute atomic E-state index is 11.4. The van der Waals surface area contributed by atoms with E-state index in [1.165, 1.54) is 23.1 Å². The highest BCUT2D eigenvalue weighted by Gasteiger charge is 2.31. The molecular formula is C25H23N2O8S4+. The van der Waals surface area contributed by atoms with Crippen molar-refractivity contribution in [3.8, 4) is 0 Å². The van der Waals surface area contributed by atoms with Crippen LogP contribution in [0.5, 0.6) is 0 Å². The van der Waals surface area contributed by atoms with Crippen LogP contribution in [-0.2, 0) is 26.8 Å². The largest absolute Gasteiger partial charge is 0.464 e. The van der Waals surface area contributed by atoms with Gasteiger partial charge in [0, 0.05) is 23.2 Å². The van der Waals surface area contributed by atoms with E-state index in [-0.39, 0.29) is 24.3 Å². The number of anilines is 1. The standard InChI is InChI=1S/C25H22N2O8S4/c28-38(29,30)13-1-9-26-21(36-19-6-4-18-17(23(19)26)8-12-34-18)15-22-27(10-2-14-39(31,32)33)24-20(37-22)5-3-16-7-11-35-25(16)24/h3-8,11-12,15H,1-2,9-10,13-14H2,(H-,28,29,30,31,32,33)/p+1. The molecular weight excluding hydrogens is 585 g/mol. The van der Waals surface area contributed by atoms with Crippen LogP contribution in [0, 0.1) is 0 Å². The minimum Gasteiger partial charge on any atom is -0.464 e. The van der Waals surface area contributed by atoms with Crippen LogP contribution in [0.2, 0.25) is 0 Å². The van der Waals surface area contributed by atoms with Crippen LogP contribution in [0.25, 0.3) is 38.2 Å². The molecule has 6 rings (SSSR count). The lowest BCUT2D eigenvalue weighted by Crippen LogP contribution is -2.36. The van der Waals surface area contributed by atoms with Crippen molar-refractivity contribution in [2.75, 3.05) is 23.0 Å². The summed E-state index contributed by atoms with van der Waals surface area (Å²) in [7, 11) is -8.24. The van der Waals surface area contributed by atoms with Gasteiger partial charge in [-0.1, -0.05) is 23.1 Å². The predicted octanol–water partition coefficient (Wildman–Crippen LogP) is 5.15. The number of hydrogen-bond acceptors (Lipinski definition) is 9. The molecule has 4 heterocycles. The molecule has 14 heteroatoms. The Morgan fingerprint density at radius 2 is 1.69 bits per heavy atom. The van der Waals surface area contributed by atoms with Gasteiger partial charge in [0.05, 0.1) is 46.2 Å². The first kappa shape index (κ1) is 26.3. The molecule has 0 saturated carbocycles. The Morgan fingerprint density at radius 1 is 0.923 bits per heavy atom. The number of thioether (sulfide) groups is 1. The number of aromatic nitrogens is 1. The smallest absolute Gasteiger partial charge is 0.265 e. The molecule has 1 aliphatic heterocycles. The summed E-state index contributed by atoms with van der Waals surface area (Å²) in [5, 5.41) is 3.49. The van der Waals surface area contributed by atoms with Crippen LogP contribution in [0.4, 0.5) is 5.69 Å². The first-order valence-corrected chi connectivity index (χ1v) is 16.8. The van der Waals surface area contributed by atoms with Gasteiger partial charge in [-0.15, -0.1) is 0 Å². The summed E-state index contributed by atoms with van der Waals surface area (Å²) in [4.78, 5) is 2.95. The lowest BCUT2D eigenvalue weighted by atomic mass is 10.2. The average molecular weight is 608 g/mol. The molecule has 204 valence electrons. The zero-order valence-electron chi connectivity index (χ0n) is 20.3. The van der Waals surface area contributed by atoms with Crippen molar-refractivity contribution in [1.29, 1.82) is 0 Å². The number of fused-ring (bicyclic) bond motifs is 6. The summed E-state index contributed by atoms with van der Waals surface area (Å²) in [5.41, 5.74) is 3.13. The van der Waals surface area contributed by atoms with Gasteiger partial charge in [0.2, 0.25) is 5.52 Å². The third-order valence-electron chi connectivity index (χ3n) is 6.44. The minimum atomic E-state index is -4.12. The van der Waals surface area contributed by atoms with Crippen LogP contribution < -0.4 is 9.47 Å². The van der Waals surface area contributed by atoms with Crippen molar-refractivity contribution in [2.45, 2.75) is 24.3 Å². The monoisotopic (exact) mass is 607 g/mol. The van der Waals surface area contributed by atoms with Crippen molar-refractivity contribution in [1.82, 2.24) is 0 Å². The van der Waals surface area contributed by atoms with E-state index in [1.54, 1.807) is 12.5 Å². The Hall–Kier alpha value is -2.88. The molecule has 2 aromatic carbocycles. The third-order valence-corrected chi connectivity index (χ3v) is 10.2. The highest BCUT2D eigenvalue weighted by atomic mass is 32.2. The van der Waals surface area contributed by atoms with Crippen molar-refractivity contribution in [2.24, 2.45) is 0 Å². The van der Waals surface area contributed by atoms with Crippen molar-refractivity contribution in [3.05, 3.63) is 59.0 Å². The maximum atomic E-state index is 11.4. The summed E-state index contributed by atoms with van der Waals surface area (Å²) in [5.74, 6) is -0.741. The Morgan fingerprint density at radius 3 is 2.49 bits per heavy atom. The highest BCUT2D eigenvalue weighted by Crippen LogP contribution is 2.50. The molecule has 0 spiro atoms. The van der Waals surface area contributed by atoms with Crippen LogP contribution in [0.15, 0.2) is 67.7 Å². The van der Waals surface area contributed by atoms with E-state index in [0.29, 0.717) is 24.3 Å². The van der Waals surface area contributed by atoms with Crippen LogP contribution in [0.1, 0.15) is 17.8 Å². The predicted molar refractivity (Wildman–Crippen MR) is 151 cm³/mol. The van der Waals surface area contributed by atoms with Crippen molar-refractivity contribution >= 4 is 87.3 Å². The van der Waals surface area contributed by atoms with Gasteiger partial charge in [-0.2, -0.15) is 21.4 Å². The second-order valence-electron chi connectivity index (χ2n) is 9.10. The van der Waals surface area contributed by atoms with E-state index in [1.807, 2.05) is 51.9 Å². The topological polar surface area (TPSA) is 142 Å². The molecule has 0 aliphatic carbocycles. The lowest BCUT2D eigenvalue weighted by molar-refractivity contribution is -0.667. The molecule has 1 aliphatic rings. The molecule has 0 amide bonds. The van der Waals surface area contributed by atoms with Gasteiger partial charge in [-0.3, -0.25) is 9.11 Å². The number of aryl methyl sites for hydroxylation is 1. The molecule has 0 fully saturated rings. The number of nitrogens with zero attached hydrogens (tertiary/aromatic N) is 2. The number of furan rings is 2. The highest BCUT2D eigenvalue weighted by molar-refractivity contribution is 8.04. The van der Waals surface area contributed by atoms with Crippen molar-refractivity contribution in [3.63, 3.8) is 0 Å². The molecule has 2 N–H and O–H groups in total. The number of rotatable bonds is 9. The second kappa shape index (κ2) is 9.94. The van der Waals surface area contributed by atoms with Gasteiger partial charge in [0.25, 0.3) is 25.2 Å². The van der Waals surface area contributed by atoms with Crippen LogP contribution in [0.3, 0.4) is 0 Å². The first-order chi connectivity index (χ1) is 18.6. The average Bonchev–Trinajstić information content (AvgIpc) is 3.62. The van der Waals surface area contributed by atoms with E-state index < -0.39 is 20.2 Å². The molecule has 0 radical (unpaired) electrons. The van der Waals surface area contributed by atoms with E-state index in [0.717, 1.165) is 41.6 Å².